The zero-order valence-electron chi connectivity index (χ0n) is 23.5. The quantitative estimate of drug-likeness (QED) is 0.286. The molecular weight excluding hydrogens is 553 g/mol. The van der Waals surface area contributed by atoms with Crippen molar-refractivity contribution >= 4 is 34.3 Å². The molecule has 0 aliphatic carbocycles. The third kappa shape index (κ3) is 7.16. The summed E-state index contributed by atoms with van der Waals surface area (Å²) in [4.78, 5) is 38.6. The number of hydrogen-bond acceptors (Lipinski definition) is 7. The molecule has 13 heteroatoms. The van der Waals surface area contributed by atoms with E-state index in [1.807, 2.05) is 24.1 Å². The lowest BCUT2D eigenvalue weighted by Crippen LogP contribution is -2.38. The van der Waals surface area contributed by atoms with Crippen molar-refractivity contribution in [3.63, 3.8) is 0 Å². The fourth-order valence-electron chi connectivity index (χ4n) is 4.60. The second kappa shape index (κ2) is 12.5. The summed E-state index contributed by atoms with van der Waals surface area (Å²) in [7, 11) is 5.55. The molecule has 1 amide bonds. The van der Waals surface area contributed by atoms with E-state index in [9.17, 15) is 18.0 Å². The number of hydrogen-bond donors (Lipinski definition) is 3. The number of alkyl halides is 3. The number of aromatic nitrogens is 3. The molecule has 0 spiro atoms. The van der Waals surface area contributed by atoms with E-state index in [1.54, 1.807) is 25.6 Å². The second-order valence-electron chi connectivity index (χ2n) is 10.0. The molecule has 1 unspecified atom stereocenters. The predicted molar refractivity (Wildman–Crippen MR) is 152 cm³/mol. The van der Waals surface area contributed by atoms with Gasteiger partial charge >= 0.3 is 12.1 Å². The third-order valence-electron chi connectivity index (χ3n) is 6.88. The highest BCUT2D eigenvalue weighted by Gasteiger charge is 2.38. The number of nitrogens with one attached hydrogen (secondary N) is 2. The molecular formula is C29H31F3N6O4. The molecule has 2 aromatic heterocycles. The number of aryl methyl sites for hydroxylation is 1. The van der Waals surface area contributed by atoms with Crippen LogP contribution in [0.5, 0.6) is 5.75 Å². The number of H-pyrrole nitrogens is 1. The summed E-state index contributed by atoms with van der Waals surface area (Å²) >= 11 is 0. The van der Waals surface area contributed by atoms with Crippen LogP contribution in [0.4, 0.5) is 24.7 Å². The Morgan fingerprint density at radius 2 is 1.90 bits per heavy atom. The smallest absolute Gasteiger partial charge is 0.490 e. The first-order valence-electron chi connectivity index (χ1n) is 13.0. The first-order valence-corrected chi connectivity index (χ1v) is 13.0. The monoisotopic (exact) mass is 584 g/mol. The molecule has 1 saturated heterocycles. The number of likely N-dealkylation sites (N-methyl/N-ethyl adjacent to an activating group) is 2. The molecule has 1 aliphatic rings. The molecule has 4 aromatic rings. The number of likely N-dealkylation sites (tertiary alicyclic amines) is 1. The number of amides is 1. The number of halogens is 3. The molecule has 42 heavy (non-hydrogen) atoms. The summed E-state index contributed by atoms with van der Waals surface area (Å²) in [5.41, 5.74) is 5.20. The van der Waals surface area contributed by atoms with Crippen LogP contribution in [0.1, 0.15) is 22.3 Å². The first kappa shape index (κ1) is 30.3. The van der Waals surface area contributed by atoms with Gasteiger partial charge in [-0.25, -0.2) is 9.78 Å². The number of methoxy groups -OCH3 is 1. The van der Waals surface area contributed by atoms with Crippen LogP contribution in [0.15, 0.2) is 54.9 Å². The Bertz CT molecular complexity index is 1590. The van der Waals surface area contributed by atoms with Crippen LogP contribution < -0.4 is 10.1 Å². The topological polar surface area (TPSA) is 124 Å². The molecule has 10 nitrogen and oxygen atoms in total. The number of carbonyl (C=O) groups excluding carboxylic acids is 1. The normalized spacial score (nSPS) is 15.2. The van der Waals surface area contributed by atoms with Gasteiger partial charge in [0.2, 0.25) is 0 Å². The van der Waals surface area contributed by atoms with Gasteiger partial charge in [0, 0.05) is 36.1 Å². The number of benzene rings is 2. The van der Waals surface area contributed by atoms with Gasteiger partial charge in [0.15, 0.2) is 0 Å². The number of carbonyl (C=O) groups is 2. The number of aliphatic carboxylic acids is 1. The minimum atomic E-state index is -5.08. The summed E-state index contributed by atoms with van der Waals surface area (Å²) in [6.07, 6.45) is -0.697. The van der Waals surface area contributed by atoms with Crippen molar-refractivity contribution in [3.8, 4) is 17.1 Å². The Morgan fingerprint density at radius 1 is 1.17 bits per heavy atom. The van der Waals surface area contributed by atoms with Gasteiger partial charge < -0.3 is 29.9 Å². The molecule has 1 aliphatic heterocycles. The van der Waals surface area contributed by atoms with Gasteiger partial charge in [0.25, 0.3) is 5.91 Å². The van der Waals surface area contributed by atoms with Gasteiger partial charge in [0.05, 0.1) is 30.9 Å². The molecule has 1 fully saturated rings. The Hall–Kier alpha value is -4.65. The number of fused-ring (bicyclic) bond motifs is 1. The van der Waals surface area contributed by atoms with E-state index in [1.165, 1.54) is 5.56 Å². The first-order chi connectivity index (χ1) is 19.8. The summed E-state index contributed by atoms with van der Waals surface area (Å²) in [6, 6.07) is 14.0. The van der Waals surface area contributed by atoms with E-state index in [0.717, 1.165) is 41.8 Å². The van der Waals surface area contributed by atoms with Gasteiger partial charge in [-0.3, -0.25) is 9.78 Å². The third-order valence-corrected chi connectivity index (χ3v) is 6.88. The standard InChI is InChI=1S/C27H30N6O2.C2HF3O2/c1-17-5-6-18-12-23(29-22(18)11-17)24-14-28-15-26(31-24)30-21-8-7-19(13-25(21)35-4)27(34)33(3)20-9-10-32(2)16-20;3-2(4,5)1(6)7/h5-8,11-15,20,29H,9-10,16H2,1-4H3,(H,30,31);(H,6,7). The second-order valence-corrected chi connectivity index (χ2v) is 10.0. The van der Waals surface area contributed by atoms with Crippen molar-refractivity contribution in [1.82, 2.24) is 24.8 Å². The molecule has 3 heterocycles. The average Bonchev–Trinajstić information content (AvgIpc) is 3.58. The molecule has 0 saturated carbocycles. The number of aromatic amines is 1. The van der Waals surface area contributed by atoms with E-state index < -0.39 is 12.1 Å². The van der Waals surface area contributed by atoms with E-state index in [-0.39, 0.29) is 11.9 Å². The van der Waals surface area contributed by atoms with Crippen molar-refractivity contribution in [2.75, 3.05) is 39.6 Å². The zero-order chi connectivity index (χ0) is 30.6. The van der Waals surface area contributed by atoms with E-state index in [2.05, 4.69) is 58.4 Å². The van der Waals surface area contributed by atoms with Crippen LogP contribution in [0.3, 0.4) is 0 Å². The lowest BCUT2D eigenvalue weighted by molar-refractivity contribution is -0.192. The number of ether oxygens (including phenoxy) is 1. The molecule has 0 bridgehead atoms. The minimum absolute atomic E-state index is 0.00835. The Morgan fingerprint density at radius 3 is 2.55 bits per heavy atom. The van der Waals surface area contributed by atoms with Crippen LogP contribution in [-0.4, -0.2) is 88.2 Å². The van der Waals surface area contributed by atoms with Crippen LogP contribution in [0.25, 0.3) is 22.3 Å². The summed E-state index contributed by atoms with van der Waals surface area (Å²) in [5.74, 6) is -1.61. The lowest BCUT2D eigenvalue weighted by atomic mass is 10.1. The Balaban J connectivity index is 0.000000517. The Kier molecular flexibility index (Phi) is 9.00. The maximum absolute atomic E-state index is 13.1. The Labute approximate surface area is 240 Å². The summed E-state index contributed by atoms with van der Waals surface area (Å²) < 4.78 is 37.3. The maximum Gasteiger partial charge on any atom is 0.490 e. The van der Waals surface area contributed by atoms with Crippen molar-refractivity contribution in [3.05, 3.63) is 66.0 Å². The van der Waals surface area contributed by atoms with Gasteiger partial charge in [-0.1, -0.05) is 12.1 Å². The molecule has 0 radical (unpaired) electrons. The predicted octanol–water partition coefficient (Wildman–Crippen LogP) is 5.09. The van der Waals surface area contributed by atoms with E-state index in [0.29, 0.717) is 22.8 Å². The van der Waals surface area contributed by atoms with Crippen LogP contribution in [0, 0.1) is 6.92 Å². The zero-order valence-corrected chi connectivity index (χ0v) is 23.5. The molecule has 3 N–H and O–H groups in total. The minimum Gasteiger partial charge on any atom is -0.495 e. The van der Waals surface area contributed by atoms with Crippen molar-refractivity contribution in [1.29, 1.82) is 0 Å². The SMILES string of the molecule is COc1cc(C(=O)N(C)C2CCN(C)C2)ccc1Nc1cncc(-c2cc3ccc(C)cc3[nH]2)n1.O=C(O)C(F)(F)F. The molecule has 222 valence electrons. The van der Waals surface area contributed by atoms with Gasteiger partial charge in [-0.05, 0) is 62.8 Å². The number of rotatable bonds is 6. The van der Waals surface area contributed by atoms with Crippen LogP contribution in [0.2, 0.25) is 0 Å². The fourth-order valence-corrected chi connectivity index (χ4v) is 4.60. The van der Waals surface area contributed by atoms with Crippen LogP contribution >= 0.6 is 0 Å². The summed E-state index contributed by atoms with van der Waals surface area (Å²) in [5, 5.41) is 11.5. The van der Waals surface area contributed by atoms with Crippen molar-refractivity contribution in [2.45, 2.75) is 25.6 Å². The number of anilines is 2. The van der Waals surface area contributed by atoms with Crippen molar-refractivity contribution in [2.24, 2.45) is 0 Å². The maximum atomic E-state index is 13.1. The fraction of sp³-hybridized carbons (Fsp3) is 0.310. The van der Waals surface area contributed by atoms with Gasteiger partial charge in [-0.15, -0.1) is 0 Å². The largest absolute Gasteiger partial charge is 0.495 e. The molecule has 5 rings (SSSR count). The highest BCUT2D eigenvalue weighted by atomic mass is 19.4. The summed E-state index contributed by atoms with van der Waals surface area (Å²) in [6.45, 7) is 3.97. The number of carboxylic acid groups (broad SMARTS) is 1. The van der Waals surface area contributed by atoms with Gasteiger partial charge in [-0.2, -0.15) is 13.2 Å². The van der Waals surface area contributed by atoms with Crippen LogP contribution in [-0.2, 0) is 4.79 Å². The van der Waals surface area contributed by atoms with Gasteiger partial charge in [0.1, 0.15) is 17.3 Å². The molecule has 2 aromatic carbocycles. The van der Waals surface area contributed by atoms with Crippen molar-refractivity contribution < 1.29 is 32.6 Å². The van der Waals surface area contributed by atoms with E-state index in [4.69, 9.17) is 19.6 Å². The molecule has 1 atom stereocenters. The number of carboxylic acids is 1. The number of nitrogens with zero attached hydrogens (tertiary/aromatic N) is 4. The highest BCUT2D eigenvalue weighted by Crippen LogP contribution is 2.30. The van der Waals surface area contributed by atoms with E-state index >= 15 is 0 Å². The lowest BCUT2D eigenvalue weighted by Gasteiger charge is -2.25. The average molecular weight is 585 g/mol. The highest BCUT2D eigenvalue weighted by molar-refractivity contribution is 5.95.